The first-order valence-electron chi connectivity index (χ1n) is 7.09. The van der Waals surface area contributed by atoms with Crippen molar-refractivity contribution in [3.63, 3.8) is 0 Å². The van der Waals surface area contributed by atoms with E-state index in [0.717, 1.165) is 42.9 Å². The Labute approximate surface area is 117 Å². The summed E-state index contributed by atoms with van der Waals surface area (Å²) in [6.45, 7) is 1.40. The normalized spacial score (nSPS) is 16.8. The van der Waals surface area contributed by atoms with E-state index >= 15 is 0 Å². The van der Waals surface area contributed by atoms with Crippen LogP contribution in [-0.4, -0.2) is 23.0 Å². The summed E-state index contributed by atoms with van der Waals surface area (Å²) in [5.41, 5.74) is 9.43. The fourth-order valence-corrected chi connectivity index (χ4v) is 2.96. The molecule has 20 heavy (non-hydrogen) atoms. The molecule has 0 spiro atoms. The fraction of sp³-hybridized carbons (Fsp3) is 0.400. The number of fused-ring (bicyclic) bond motifs is 2. The molecule has 0 saturated heterocycles. The highest BCUT2D eigenvalue weighted by atomic mass is 16.5. The third-order valence-electron chi connectivity index (χ3n) is 3.94. The van der Waals surface area contributed by atoms with Crippen LogP contribution in [0.1, 0.15) is 24.1 Å². The molecule has 0 unspecified atom stereocenters. The van der Waals surface area contributed by atoms with Crippen molar-refractivity contribution < 1.29 is 9.47 Å². The summed E-state index contributed by atoms with van der Waals surface area (Å²) in [6, 6.07) is 5.96. The molecule has 2 aromatic rings. The number of hydrogen-bond acceptors (Lipinski definition) is 4. The van der Waals surface area contributed by atoms with E-state index in [-0.39, 0.29) is 0 Å². The standard InChI is InChI=1S/C15H17N3O2/c16-15-11-3-1-4-12(11)18(17-15)10-5-6-13-14(9-10)20-8-2-7-19-13/h5-6,9H,1-4,7-8H2,(H2,16,17). The van der Waals surface area contributed by atoms with E-state index in [1.54, 1.807) is 0 Å². The number of rotatable bonds is 1. The minimum absolute atomic E-state index is 0.657. The lowest BCUT2D eigenvalue weighted by atomic mass is 10.2. The van der Waals surface area contributed by atoms with Gasteiger partial charge in [-0.15, -0.1) is 0 Å². The second kappa shape index (κ2) is 4.44. The molecule has 0 amide bonds. The van der Waals surface area contributed by atoms with E-state index in [4.69, 9.17) is 15.2 Å². The molecular formula is C15H17N3O2. The first-order valence-corrected chi connectivity index (χ1v) is 7.09. The average molecular weight is 271 g/mol. The zero-order valence-electron chi connectivity index (χ0n) is 11.3. The van der Waals surface area contributed by atoms with E-state index in [1.165, 1.54) is 11.3 Å². The molecule has 5 heteroatoms. The minimum Gasteiger partial charge on any atom is -0.490 e. The number of anilines is 1. The first-order chi connectivity index (χ1) is 9.83. The number of hydrogen-bond donors (Lipinski definition) is 1. The second-order valence-corrected chi connectivity index (χ2v) is 5.26. The summed E-state index contributed by atoms with van der Waals surface area (Å²) in [5.74, 6) is 2.26. The molecule has 0 radical (unpaired) electrons. The molecule has 0 atom stereocenters. The van der Waals surface area contributed by atoms with Gasteiger partial charge in [-0.2, -0.15) is 5.10 Å². The third-order valence-corrected chi connectivity index (χ3v) is 3.94. The Bertz CT molecular complexity index is 663. The predicted octanol–water partition coefficient (Wildman–Crippen LogP) is 2.10. The Balaban J connectivity index is 1.79. The van der Waals surface area contributed by atoms with Crippen molar-refractivity contribution in [2.24, 2.45) is 0 Å². The first kappa shape index (κ1) is 11.6. The molecule has 1 aliphatic heterocycles. The molecule has 1 aromatic heterocycles. The summed E-state index contributed by atoms with van der Waals surface area (Å²) >= 11 is 0. The average Bonchev–Trinajstić information content (AvgIpc) is 2.96. The lowest BCUT2D eigenvalue weighted by Crippen LogP contribution is -2.02. The second-order valence-electron chi connectivity index (χ2n) is 5.26. The zero-order valence-corrected chi connectivity index (χ0v) is 11.3. The van der Waals surface area contributed by atoms with Gasteiger partial charge in [0.05, 0.1) is 18.9 Å². The van der Waals surface area contributed by atoms with Gasteiger partial charge in [-0.1, -0.05) is 0 Å². The van der Waals surface area contributed by atoms with Crippen LogP contribution in [0.5, 0.6) is 11.5 Å². The topological polar surface area (TPSA) is 62.3 Å². The molecule has 0 saturated carbocycles. The molecule has 0 bridgehead atoms. The maximum Gasteiger partial charge on any atom is 0.163 e. The quantitative estimate of drug-likeness (QED) is 0.862. The highest BCUT2D eigenvalue weighted by Crippen LogP contribution is 2.34. The van der Waals surface area contributed by atoms with Gasteiger partial charge in [-0.05, 0) is 31.4 Å². The van der Waals surface area contributed by atoms with Crippen molar-refractivity contribution >= 4 is 5.82 Å². The highest BCUT2D eigenvalue weighted by Gasteiger charge is 2.22. The van der Waals surface area contributed by atoms with Crippen LogP contribution in [0.4, 0.5) is 5.82 Å². The predicted molar refractivity (Wildman–Crippen MR) is 75.6 cm³/mol. The third kappa shape index (κ3) is 1.73. The van der Waals surface area contributed by atoms with Crippen molar-refractivity contribution in [1.29, 1.82) is 0 Å². The van der Waals surface area contributed by atoms with E-state index < -0.39 is 0 Å². The number of ether oxygens (including phenoxy) is 2. The van der Waals surface area contributed by atoms with Gasteiger partial charge >= 0.3 is 0 Å². The van der Waals surface area contributed by atoms with Gasteiger partial charge in [0.2, 0.25) is 0 Å². The highest BCUT2D eigenvalue weighted by molar-refractivity contribution is 5.53. The van der Waals surface area contributed by atoms with Gasteiger partial charge in [-0.25, -0.2) is 4.68 Å². The number of nitrogens with two attached hydrogens (primary N) is 1. The van der Waals surface area contributed by atoms with Crippen molar-refractivity contribution in [3.05, 3.63) is 29.5 Å². The SMILES string of the molecule is Nc1nn(-c2ccc3c(c2)OCCCO3)c2c1CCC2. The van der Waals surface area contributed by atoms with E-state index in [2.05, 4.69) is 5.10 Å². The van der Waals surface area contributed by atoms with Crippen LogP contribution in [0.25, 0.3) is 5.69 Å². The van der Waals surface area contributed by atoms with Crippen LogP contribution in [0.3, 0.4) is 0 Å². The summed E-state index contributed by atoms with van der Waals surface area (Å²) in [5, 5.41) is 4.47. The Morgan fingerprint density at radius 2 is 1.90 bits per heavy atom. The Kier molecular flexibility index (Phi) is 2.58. The van der Waals surface area contributed by atoms with Gasteiger partial charge in [0.25, 0.3) is 0 Å². The molecule has 1 aromatic carbocycles. The fourth-order valence-electron chi connectivity index (χ4n) is 2.96. The lowest BCUT2D eigenvalue weighted by Gasteiger charge is -2.10. The smallest absolute Gasteiger partial charge is 0.163 e. The Morgan fingerprint density at radius 3 is 2.80 bits per heavy atom. The molecule has 104 valence electrons. The molecule has 1 aliphatic carbocycles. The molecule has 2 heterocycles. The van der Waals surface area contributed by atoms with Crippen LogP contribution in [0.2, 0.25) is 0 Å². The van der Waals surface area contributed by atoms with Crippen LogP contribution in [-0.2, 0) is 12.8 Å². The molecule has 5 nitrogen and oxygen atoms in total. The zero-order chi connectivity index (χ0) is 13.5. The molecule has 4 rings (SSSR count). The maximum absolute atomic E-state index is 6.00. The molecular weight excluding hydrogens is 254 g/mol. The van der Waals surface area contributed by atoms with Crippen LogP contribution in [0.15, 0.2) is 18.2 Å². The number of nitrogens with zero attached hydrogens (tertiary/aromatic N) is 2. The van der Waals surface area contributed by atoms with Crippen LogP contribution < -0.4 is 15.2 Å². The molecule has 0 fully saturated rings. The maximum atomic E-state index is 6.00. The summed E-state index contributed by atoms with van der Waals surface area (Å²) in [4.78, 5) is 0. The minimum atomic E-state index is 0.657. The van der Waals surface area contributed by atoms with Crippen LogP contribution >= 0.6 is 0 Å². The Morgan fingerprint density at radius 1 is 1.05 bits per heavy atom. The van der Waals surface area contributed by atoms with Gasteiger partial charge < -0.3 is 15.2 Å². The lowest BCUT2D eigenvalue weighted by molar-refractivity contribution is 0.297. The Hall–Kier alpha value is -2.17. The van der Waals surface area contributed by atoms with Gasteiger partial charge in [0, 0.05) is 23.7 Å². The van der Waals surface area contributed by atoms with E-state index in [1.807, 2.05) is 22.9 Å². The number of benzene rings is 1. The number of nitrogen functional groups attached to an aromatic ring is 1. The van der Waals surface area contributed by atoms with Crippen molar-refractivity contribution in [2.75, 3.05) is 18.9 Å². The van der Waals surface area contributed by atoms with Crippen molar-refractivity contribution in [2.45, 2.75) is 25.7 Å². The summed E-state index contributed by atoms with van der Waals surface area (Å²) < 4.78 is 13.3. The largest absolute Gasteiger partial charge is 0.490 e. The van der Waals surface area contributed by atoms with Gasteiger partial charge in [0.1, 0.15) is 5.82 Å². The van der Waals surface area contributed by atoms with Crippen molar-refractivity contribution in [3.8, 4) is 17.2 Å². The van der Waals surface area contributed by atoms with Crippen molar-refractivity contribution in [1.82, 2.24) is 9.78 Å². The van der Waals surface area contributed by atoms with E-state index in [9.17, 15) is 0 Å². The molecule has 2 aliphatic rings. The summed E-state index contributed by atoms with van der Waals surface area (Å²) in [6.07, 6.45) is 4.13. The van der Waals surface area contributed by atoms with Crippen LogP contribution in [0, 0.1) is 0 Å². The molecule has 2 N–H and O–H groups in total. The van der Waals surface area contributed by atoms with E-state index in [0.29, 0.717) is 19.0 Å². The summed E-state index contributed by atoms with van der Waals surface area (Å²) in [7, 11) is 0. The van der Waals surface area contributed by atoms with Gasteiger partial charge in [0.15, 0.2) is 11.5 Å². The number of aromatic nitrogens is 2. The van der Waals surface area contributed by atoms with Gasteiger partial charge in [-0.3, -0.25) is 0 Å². The monoisotopic (exact) mass is 271 g/mol.